The fraction of sp³-hybridized carbons (Fsp3) is 0.727. The van der Waals surface area contributed by atoms with Gasteiger partial charge in [-0.15, -0.1) is 11.3 Å². The summed E-state index contributed by atoms with van der Waals surface area (Å²) in [6.07, 6.45) is 3.04. The van der Waals surface area contributed by atoms with Crippen LogP contribution >= 0.6 is 24.0 Å². The second-order valence-corrected chi connectivity index (χ2v) is 5.79. The summed E-state index contributed by atoms with van der Waals surface area (Å²) >= 11 is 6.05. The molecule has 0 aromatic carbocycles. The first-order valence-electron chi connectivity index (χ1n) is 5.73. The van der Waals surface area contributed by atoms with Crippen LogP contribution in [0.1, 0.15) is 9.88 Å². The standard InChI is InChI=1S/C11H19N3S2/c1-13-4-6-14(7-5-13)3-2-11-12-8-10(9-15)16-11/h8,15H,2-7,9H2,1H3. The van der Waals surface area contributed by atoms with Gasteiger partial charge in [0.05, 0.1) is 5.01 Å². The van der Waals surface area contributed by atoms with Gasteiger partial charge in [0.15, 0.2) is 0 Å². The quantitative estimate of drug-likeness (QED) is 0.822. The lowest BCUT2D eigenvalue weighted by Gasteiger charge is -2.32. The molecule has 0 amide bonds. The number of piperazine rings is 1. The lowest BCUT2D eigenvalue weighted by molar-refractivity contribution is 0.155. The van der Waals surface area contributed by atoms with Crippen LogP contribution < -0.4 is 0 Å². The van der Waals surface area contributed by atoms with E-state index in [9.17, 15) is 0 Å². The molecule has 1 aliphatic heterocycles. The number of thiazole rings is 1. The fourth-order valence-electron chi connectivity index (χ4n) is 1.86. The Kier molecular flexibility index (Phi) is 4.64. The molecule has 16 heavy (non-hydrogen) atoms. The van der Waals surface area contributed by atoms with E-state index in [1.165, 1.54) is 36.1 Å². The molecule has 2 heterocycles. The highest BCUT2D eigenvalue weighted by molar-refractivity contribution is 7.79. The molecule has 0 atom stereocenters. The summed E-state index contributed by atoms with van der Waals surface area (Å²) in [7, 11) is 2.19. The minimum absolute atomic E-state index is 0.812. The monoisotopic (exact) mass is 257 g/mol. The molecule has 5 heteroatoms. The Morgan fingerprint density at radius 2 is 2.12 bits per heavy atom. The van der Waals surface area contributed by atoms with Gasteiger partial charge >= 0.3 is 0 Å². The first kappa shape index (κ1) is 12.4. The predicted octanol–water partition coefficient (Wildman–Crippen LogP) is 1.36. The average molecular weight is 257 g/mol. The van der Waals surface area contributed by atoms with Gasteiger partial charge in [-0.3, -0.25) is 0 Å². The fourth-order valence-corrected chi connectivity index (χ4v) is 2.91. The summed E-state index contributed by atoms with van der Waals surface area (Å²) in [6, 6.07) is 0. The molecule has 0 aliphatic carbocycles. The first-order chi connectivity index (χ1) is 7.78. The first-order valence-corrected chi connectivity index (χ1v) is 7.18. The maximum Gasteiger partial charge on any atom is 0.0940 e. The van der Waals surface area contributed by atoms with Crippen LogP contribution in [0, 0.1) is 0 Å². The molecule has 1 saturated heterocycles. The number of nitrogens with zero attached hydrogens (tertiary/aromatic N) is 3. The van der Waals surface area contributed by atoms with E-state index >= 15 is 0 Å². The van der Waals surface area contributed by atoms with Crippen LogP contribution in [0.4, 0.5) is 0 Å². The van der Waals surface area contributed by atoms with Crippen LogP contribution in [0.2, 0.25) is 0 Å². The molecular formula is C11H19N3S2. The third-order valence-corrected chi connectivity index (χ3v) is 4.61. The Morgan fingerprint density at radius 1 is 1.38 bits per heavy atom. The summed E-state index contributed by atoms with van der Waals surface area (Å²) in [5.41, 5.74) is 0. The molecule has 1 aliphatic rings. The topological polar surface area (TPSA) is 19.4 Å². The van der Waals surface area contributed by atoms with Gasteiger partial charge in [0, 0.05) is 56.0 Å². The van der Waals surface area contributed by atoms with E-state index in [-0.39, 0.29) is 0 Å². The van der Waals surface area contributed by atoms with Gasteiger partial charge in [-0.25, -0.2) is 4.98 Å². The van der Waals surface area contributed by atoms with Crippen molar-refractivity contribution in [2.45, 2.75) is 12.2 Å². The second kappa shape index (κ2) is 6.00. The summed E-state index contributed by atoms with van der Waals surface area (Å²) < 4.78 is 0. The maximum atomic E-state index is 4.42. The Morgan fingerprint density at radius 3 is 2.75 bits per heavy atom. The number of rotatable bonds is 4. The van der Waals surface area contributed by atoms with Crippen molar-refractivity contribution in [1.82, 2.24) is 14.8 Å². The van der Waals surface area contributed by atoms with E-state index in [0.29, 0.717) is 0 Å². The van der Waals surface area contributed by atoms with Gasteiger partial charge in [-0.1, -0.05) is 0 Å². The molecule has 0 spiro atoms. The molecule has 0 unspecified atom stereocenters. The number of thiol groups is 1. The van der Waals surface area contributed by atoms with Crippen LogP contribution in [-0.2, 0) is 12.2 Å². The van der Waals surface area contributed by atoms with Crippen molar-refractivity contribution in [2.24, 2.45) is 0 Å². The van der Waals surface area contributed by atoms with Gasteiger partial charge in [0.2, 0.25) is 0 Å². The van der Waals surface area contributed by atoms with Crippen LogP contribution in [0.25, 0.3) is 0 Å². The summed E-state index contributed by atoms with van der Waals surface area (Å²) in [5.74, 6) is 0.812. The second-order valence-electron chi connectivity index (χ2n) is 4.27. The predicted molar refractivity (Wildman–Crippen MR) is 72.4 cm³/mol. The third-order valence-electron chi connectivity index (χ3n) is 3.00. The molecule has 0 bridgehead atoms. The molecule has 1 aromatic heterocycles. The lowest BCUT2D eigenvalue weighted by atomic mass is 10.3. The van der Waals surface area contributed by atoms with E-state index in [0.717, 1.165) is 18.7 Å². The number of likely N-dealkylation sites (N-methyl/N-ethyl adjacent to an activating group) is 1. The van der Waals surface area contributed by atoms with Crippen LogP contribution in [-0.4, -0.2) is 54.6 Å². The van der Waals surface area contributed by atoms with Gasteiger partial charge in [0.1, 0.15) is 0 Å². The van der Waals surface area contributed by atoms with Crippen molar-refractivity contribution in [2.75, 3.05) is 39.8 Å². The van der Waals surface area contributed by atoms with E-state index < -0.39 is 0 Å². The molecule has 1 fully saturated rings. The summed E-state index contributed by atoms with van der Waals surface area (Å²) in [6.45, 7) is 5.93. The Hall–Kier alpha value is -0.100. The highest BCUT2D eigenvalue weighted by Crippen LogP contribution is 2.15. The zero-order valence-electron chi connectivity index (χ0n) is 9.72. The minimum Gasteiger partial charge on any atom is -0.304 e. The molecule has 0 saturated carbocycles. The Bertz CT molecular complexity index is 319. The molecule has 1 aromatic rings. The molecule has 0 N–H and O–H groups in total. The zero-order valence-corrected chi connectivity index (χ0v) is 11.4. The smallest absolute Gasteiger partial charge is 0.0940 e. The molecule has 0 radical (unpaired) electrons. The van der Waals surface area contributed by atoms with Gasteiger partial charge in [-0.05, 0) is 7.05 Å². The Labute approximate surface area is 107 Å². The maximum absolute atomic E-state index is 4.42. The summed E-state index contributed by atoms with van der Waals surface area (Å²) in [5, 5.41) is 1.25. The van der Waals surface area contributed by atoms with Crippen molar-refractivity contribution in [1.29, 1.82) is 0 Å². The highest BCUT2D eigenvalue weighted by atomic mass is 32.1. The van der Waals surface area contributed by atoms with Gasteiger partial charge < -0.3 is 9.80 Å². The number of hydrogen-bond acceptors (Lipinski definition) is 5. The number of hydrogen-bond donors (Lipinski definition) is 1. The van der Waals surface area contributed by atoms with Crippen LogP contribution in [0.5, 0.6) is 0 Å². The SMILES string of the molecule is CN1CCN(CCc2ncc(CS)s2)CC1. The largest absolute Gasteiger partial charge is 0.304 e. The van der Waals surface area contributed by atoms with Crippen LogP contribution in [0.3, 0.4) is 0 Å². The van der Waals surface area contributed by atoms with Crippen molar-refractivity contribution < 1.29 is 0 Å². The summed E-state index contributed by atoms with van der Waals surface area (Å²) in [4.78, 5) is 10.6. The van der Waals surface area contributed by atoms with E-state index in [1.54, 1.807) is 11.3 Å². The van der Waals surface area contributed by atoms with E-state index in [1.807, 2.05) is 6.20 Å². The van der Waals surface area contributed by atoms with Crippen LogP contribution in [0.15, 0.2) is 6.20 Å². The Balaban J connectivity index is 1.74. The van der Waals surface area contributed by atoms with Crippen molar-refractivity contribution in [3.05, 3.63) is 16.1 Å². The van der Waals surface area contributed by atoms with Crippen molar-refractivity contribution in [3.8, 4) is 0 Å². The van der Waals surface area contributed by atoms with Gasteiger partial charge in [-0.2, -0.15) is 12.6 Å². The normalized spacial score (nSPS) is 19.1. The van der Waals surface area contributed by atoms with Crippen molar-refractivity contribution >= 4 is 24.0 Å². The molecule has 90 valence electrons. The highest BCUT2D eigenvalue weighted by Gasteiger charge is 2.13. The van der Waals surface area contributed by atoms with Gasteiger partial charge in [0.25, 0.3) is 0 Å². The van der Waals surface area contributed by atoms with Crippen molar-refractivity contribution in [3.63, 3.8) is 0 Å². The minimum atomic E-state index is 0.812. The average Bonchev–Trinajstić information content (AvgIpc) is 2.76. The van der Waals surface area contributed by atoms with E-state index in [2.05, 4.69) is 34.5 Å². The number of aromatic nitrogens is 1. The molecule has 3 nitrogen and oxygen atoms in total. The third kappa shape index (κ3) is 3.45. The lowest BCUT2D eigenvalue weighted by Crippen LogP contribution is -2.45. The molecule has 2 rings (SSSR count). The van der Waals surface area contributed by atoms with E-state index in [4.69, 9.17) is 0 Å². The molecular weight excluding hydrogens is 238 g/mol. The zero-order chi connectivity index (χ0) is 11.4.